The molecule has 2 rings (SSSR count). The average molecular weight is 353 g/mol. The third-order valence-electron chi connectivity index (χ3n) is 4.56. The van der Waals surface area contributed by atoms with Gasteiger partial charge in [0, 0.05) is 16.4 Å². The molecule has 1 aliphatic carbocycles. The van der Waals surface area contributed by atoms with Gasteiger partial charge in [-0.05, 0) is 36.0 Å². The summed E-state index contributed by atoms with van der Waals surface area (Å²) in [6, 6.07) is 7.93. The fourth-order valence-electron chi connectivity index (χ4n) is 2.75. The van der Waals surface area contributed by atoms with Crippen molar-refractivity contribution in [2.24, 2.45) is 11.1 Å². The molecule has 1 atom stereocenters. The summed E-state index contributed by atoms with van der Waals surface area (Å²) in [7, 11) is 0. The van der Waals surface area contributed by atoms with Crippen LogP contribution in [0.4, 0.5) is 0 Å². The van der Waals surface area contributed by atoms with Crippen LogP contribution in [0.5, 0.6) is 0 Å². The molecular weight excluding hydrogens is 328 g/mol. The van der Waals surface area contributed by atoms with Crippen molar-refractivity contribution in [2.75, 3.05) is 6.54 Å². The van der Waals surface area contributed by atoms with Gasteiger partial charge in [0.1, 0.15) is 0 Å². The highest BCUT2D eigenvalue weighted by Gasteiger charge is 2.39. The molecule has 0 aliphatic heterocycles. The van der Waals surface area contributed by atoms with Gasteiger partial charge >= 0.3 is 0 Å². The Labute approximate surface area is 135 Å². The Morgan fingerprint density at radius 1 is 1.43 bits per heavy atom. The number of nitrogens with two attached hydrogens (primary N) is 1. The SMILES string of the molecule is CC(C)(C)[C@H](N)C(=O)NCC1(c2cccc(Br)c2)CCC1. The summed E-state index contributed by atoms with van der Waals surface area (Å²) in [4.78, 5) is 12.2. The lowest BCUT2D eigenvalue weighted by Crippen LogP contribution is -2.53. The number of carbonyl (C=O) groups is 1. The maximum Gasteiger partial charge on any atom is 0.237 e. The molecular formula is C17H25BrN2O. The highest BCUT2D eigenvalue weighted by Crippen LogP contribution is 2.43. The molecule has 3 nitrogen and oxygen atoms in total. The van der Waals surface area contributed by atoms with Gasteiger partial charge in [-0.2, -0.15) is 0 Å². The van der Waals surface area contributed by atoms with Gasteiger partial charge in [0.15, 0.2) is 0 Å². The van der Waals surface area contributed by atoms with Crippen molar-refractivity contribution < 1.29 is 4.79 Å². The fourth-order valence-corrected chi connectivity index (χ4v) is 3.15. The second-order valence-electron chi connectivity index (χ2n) is 7.21. The first-order chi connectivity index (χ1) is 9.74. The summed E-state index contributed by atoms with van der Waals surface area (Å²) in [6.07, 6.45) is 3.46. The van der Waals surface area contributed by atoms with E-state index in [2.05, 4.69) is 39.4 Å². The molecule has 3 N–H and O–H groups in total. The van der Waals surface area contributed by atoms with Gasteiger partial charge < -0.3 is 11.1 Å². The summed E-state index contributed by atoms with van der Waals surface area (Å²) in [5.41, 5.74) is 7.19. The van der Waals surface area contributed by atoms with Crippen molar-refractivity contribution in [2.45, 2.75) is 51.5 Å². The molecule has 1 amide bonds. The number of hydrogen-bond donors (Lipinski definition) is 2. The van der Waals surface area contributed by atoms with Gasteiger partial charge in [0.25, 0.3) is 0 Å². The van der Waals surface area contributed by atoms with E-state index in [1.807, 2.05) is 26.8 Å². The third kappa shape index (κ3) is 3.67. The first-order valence-corrected chi connectivity index (χ1v) is 8.33. The minimum Gasteiger partial charge on any atom is -0.354 e. The van der Waals surface area contributed by atoms with E-state index in [1.165, 1.54) is 12.0 Å². The predicted octanol–water partition coefficient (Wildman–Crippen LogP) is 3.36. The zero-order valence-corrected chi connectivity index (χ0v) is 14.7. The Morgan fingerprint density at radius 2 is 2.10 bits per heavy atom. The first kappa shape index (κ1) is 16.5. The van der Waals surface area contributed by atoms with Crippen molar-refractivity contribution in [3.63, 3.8) is 0 Å². The van der Waals surface area contributed by atoms with Crippen molar-refractivity contribution in [3.8, 4) is 0 Å². The monoisotopic (exact) mass is 352 g/mol. The molecule has 1 aliphatic rings. The van der Waals surface area contributed by atoms with Crippen LogP contribution in [-0.2, 0) is 10.2 Å². The molecule has 0 spiro atoms. The lowest BCUT2D eigenvalue weighted by molar-refractivity contribution is -0.125. The summed E-state index contributed by atoms with van der Waals surface area (Å²) in [5.74, 6) is -0.0521. The zero-order chi connectivity index (χ0) is 15.7. The smallest absolute Gasteiger partial charge is 0.237 e. The number of amides is 1. The van der Waals surface area contributed by atoms with Crippen LogP contribution in [0.25, 0.3) is 0 Å². The standard InChI is InChI=1S/C17H25BrN2O/c1-16(2,3)14(19)15(21)20-11-17(8-5-9-17)12-6-4-7-13(18)10-12/h4,6-7,10,14H,5,8-9,11,19H2,1-3H3,(H,20,21)/t14-/m1/s1. The van der Waals surface area contributed by atoms with Crippen molar-refractivity contribution in [3.05, 3.63) is 34.3 Å². The predicted molar refractivity (Wildman–Crippen MR) is 90.1 cm³/mol. The molecule has 0 heterocycles. The minimum absolute atomic E-state index is 0.0521. The second-order valence-corrected chi connectivity index (χ2v) is 8.12. The number of halogens is 1. The number of carbonyl (C=O) groups excluding carboxylic acids is 1. The quantitative estimate of drug-likeness (QED) is 0.872. The molecule has 21 heavy (non-hydrogen) atoms. The second kappa shape index (κ2) is 6.09. The summed E-state index contributed by atoms with van der Waals surface area (Å²) >= 11 is 3.53. The van der Waals surface area contributed by atoms with Crippen LogP contribution in [0.1, 0.15) is 45.6 Å². The van der Waals surface area contributed by atoms with Crippen LogP contribution in [-0.4, -0.2) is 18.5 Å². The van der Waals surface area contributed by atoms with Crippen LogP contribution in [0.15, 0.2) is 28.7 Å². The summed E-state index contributed by atoms with van der Waals surface area (Å²) < 4.78 is 1.09. The molecule has 1 fully saturated rings. The molecule has 1 aromatic rings. The molecule has 0 bridgehead atoms. The van der Waals surface area contributed by atoms with Crippen LogP contribution >= 0.6 is 15.9 Å². The highest BCUT2D eigenvalue weighted by molar-refractivity contribution is 9.10. The third-order valence-corrected chi connectivity index (χ3v) is 5.06. The summed E-state index contributed by atoms with van der Waals surface area (Å²) in [5, 5.41) is 3.07. The van der Waals surface area contributed by atoms with E-state index in [0.29, 0.717) is 6.54 Å². The van der Waals surface area contributed by atoms with E-state index in [0.717, 1.165) is 17.3 Å². The van der Waals surface area contributed by atoms with Crippen LogP contribution < -0.4 is 11.1 Å². The number of benzene rings is 1. The molecule has 0 unspecified atom stereocenters. The maximum absolute atomic E-state index is 12.2. The van der Waals surface area contributed by atoms with Crippen molar-refractivity contribution >= 4 is 21.8 Å². The molecule has 116 valence electrons. The fraction of sp³-hybridized carbons (Fsp3) is 0.588. The number of nitrogens with one attached hydrogen (secondary N) is 1. The molecule has 1 aromatic carbocycles. The van der Waals surface area contributed by atoms with Crippen LogP contribution in [0, 0.1) is 5.41 Å². The topological polar surface area (TPSA) is 55.1 Å². The average Bonchev–Trinajstić information content (AvgIpc) is 2.35. The van der Waals surface area contributed by atoms with Gasteiger partial charge in [0.2, 0.25) is 5.91 Å². The lowest BCUT2D eigenvalue weighted by Gasteiger charge is -2.43. The van der Waals surface area contributed by atoms with E-state index in [1.54, 1.807) is 0 Å². The van der Waals surface area contributed by atoms with Crippen molar-refractivity contribution in [1.82, 2.24) is 5.32 Å². The minimum atomic E-state index is -0.475. The van der Waals surface area contributed by atoms with Gasteiger partial charge in [-0.3, -0.25) is 4.79 Å². The Hall–Kier alpha value is -0.870. The van der Waals surface area contributed by atoms with E-state index >= 15 is 0 Å². The Kier molecular flexibility index (Phi) is 4.79. The van der Waals surface area contributed by atoms with E-state index in [-0.39, 0.29) is 16.7 Å². The maximum atomic E-state index is 12.2. The number of rotatable bonds is 4. The van der Waals surface area contributed by atoms with Crippen molar-refractivity contribution in [1.29, 1.82) is 0 Å². The molecule has 0 aromatic heterocycles. The van der Waals surface area contributed by atoms with Gasteiger partial charge in [-0.1, -0.05) is 55.3 Å². The Balaban J connectivity index is 2.05. The van der Waals surface area contributed by atoms with E-state index < -0.39 is 6.04 Å². The van der Waals surface area contributed by atoms with Gasteiger partial charge in [-0.15, -0.1) is 0 Å². The zero-order valence-electron chi connectivity index (χ0n) is 13.1. The van der Waals surface area contributed by atoms with E-state index in [9.17, 15) is 4.79 Å². The summed E-state index contributed by atoms with van der Waals surface area (Å²) in [6.45, 7) is 6.64. The normalized spacial score (nSPS) is 18.7. The van der Waals surface area contributed by atoms with Crippen LogP contribution in [0.3, 0.4) is 0 Å². The largest absolute Gasteiger partial charge is 0.354 e. The first-order valence-electron chi connectivity index (χ1n) is 7.54. The highest BCUT2D eigenvalue weighted by atomic mass is 79.9. The molecule has 0 saturated heterocycles. The molecule has 4 heteroatoms. The van der Waals surface area contributed by atoms with Crippen LogP contribution in [0.2, 0.25) is 0 Å². The molecule has 1 saturated carbocycles. The van der Waals surface area contributed by atoms with E-state index in [4.69, 9.17) is 5.73 Å². The Morgan fingerprint density at radius 3 is 2.57 bits per heavy atom. The lowest BCUT2D eigenvalue weighted by atomic mass is 9.64. The molecule has 0 radical (unpaired) electrons. The Bertz CT molecular complexity index is 518. The van der Waals surface area contributed by atoms with Gasteiger partial charge in [-0.25, -0.2) is 0 Å². The number of hydrogen-bond acceptors (Lipinski definition) is 2. The van der Waals surface area contributed by atoms with Gasteiger partial charge in [0.05, 0.1) is 6.04 Å².